The molecule has 2 nitrogen and oxygen atoms in total. The maximum absolute atomic E-state index is 6.41. The minimum absolute atomic E-state index is 0.0352. The standard InChI is InChI=1S/C18H19NOS/c1-12-16(8-9-21-12)18(19)10-14-5-3-4-13-6-7-15(20-2)11-17(13)14/h3-9,11,18H,10,19H2,1-2H3. The van der Waals surface area contributed by atoms with Crippen LogP contribution in [0.3, 0.4) is 0 Å². The van der Waals surface area contributed by atoms with Crippen molar-refractivity contribution in [2.75, 3.05) is 7.11 Å². The highest BCUT2D eigenvalue weighted by molar-refractivity contribution is 7.10. The van der Waals surface area contributed by atoms with Gasteiger partial charge in [-0.25, -0.2) is 0 Å². The minimum atomic E-state index is 0.0352. The van der Waals surface area contributed by atoms with Gasteiger partial charge in [-0.2, -0.15) is 0 Å². The summed E-state index contributed by atoms with van der Waals surface area (Å²) in [5.74, 6) is 0.884. The smallest absolute Gasteiger partial charge is 0.119 e. The van der Waals surface area contributed by atoms with Crippen LogP contribution in [0, 0.1) is 6.92 Å². The molecular weight excluding hydrogens is 278 g/mol. The van der Waals surface area contributed by atoms with Crippen molar-refractivity contribution in [2.45, 2.75) is 19.4 Å². The lowest BCUT2D eigenvalue weighted by atomic mass is 9.96. The van der Waals surface area contributed by atoms with Gasteiger partial charge in [0.1, 0.15) is 5.75 Å². The number of fused-ring (bicyclic) bond motifs is 1. The van der Waals surface area contributed by atoms with Crippen LogP contribution in [-0.4, -0.2) is 7.11 Å². The Morgan fingerprint density at radius 1 is 1.19 bits per heavy atom. The molecule has 2 N–H and O–H groups in total. The lowest BCUT2D eigenvalue weighted by Crippen LogP contribution is -2.13. The maximum atomic E-state index is 6.41. The second kappa shape index (κ2) is 5.88. The van der Waals surface area contributed by atoms with E-state index in [-0.39, 0.29) is 6.04 Å². The molecular formula is C18H19NOS. The Labute approximate surface area is 129 Å². The molecule has 0 amide bonds. The monoisotopic (exact) mass is 297 g/mol. The molecule has 0 saturated heterocycles. The van der Waals surface area contributed by atoms with Gasteiger partial charge in [-0.15, -0.1) is 11.3 Å². The second-order valence-electron chi connectivity index (χ2n) is 5.25. The molecule has 3 rings (SSSR count). The number of benzene rings is 2. The topological polar surface area (TPSA) is 35.2 Å². The van der Waals surface area contributed by atoms with Crippen LogP contribution in [0.1, 0.15) is 22.0 Å². The van der Waals surface area contributed by atoms with E-state index in [0.29, 0.717) is 0 Å². The van der Waals surface area contributed by atoms with Gasteiger partial charge in [0.15, 0.2) is 0 Å². The van der Waals surface area contributed by atoms with E-state index < -0.39 is 0 Å². The summed E-state index contributed by atoms with van der Waals surface area (Å²) in [6.07, 6.45) is 0.835. The van der Waals surface area contributed by atoms with Gasteiger partial charge in [-0.3, -0.25) is 0 Å². The molecule has 1 aromatic heterocycles. The molecule has 0 saturated carbocycles. The molecule has 0 spiro atoms. The van der Waals surface area contributed by atoms with Crippen LogP contribution in [0.2, 0.25) is 0 Å². The fraction of sp³-hybridized carbons (Fsp3) is 0.222. The van der Waals surface area contributed by atoms with E-state index in [1.54, 1.807) is 18.4 Å². The number of aryl methyl sites for hydroxylation is 1. The zero-order chi connectivity index (χ0) is 14.8. The molecule has 3 heteroatoms. The molecule has 1 heterocycles. The van der Waals surface area contributed by atoms with Gasteiger partial charge < -0.3 is 10.5 Å². The Hall–Kier alpha value is -1.84. The zero-order valence-corrected chi connectivity index (χ0v) is 13.1. The first-order chi connectivity index (χ1) is 10.2. The third-order valence-electron chi connectivity index (χ3n) is 3.92. The van der Waals surface area contributed by atoms with Gasteiger partial charge >= 0.3 is 0 Å². The van der Waals surface area contributed by atoms with Crippen molar-refractivity contribution in [3.8, 4) is 5.75 Å². The van der Waals surface area contributed by atoms with Crippen LogP contribution in [-0.2, 0) is 6.42 Å². The average Bonchev–Trinajstić information content (AvgIpc) is 2.93. The van der Waals surface area contributed by atoms with Gasteiger partial charge in [0.25, 0.3) is 0 Å². The Balaban J connectivity index is 1.98. The van der Waals surface area contributed by atoms with Crippen LogP contribution in [0.4, 0.5) is 0 Å². The number of rotatable bonds is 4. The van der Waals surface area contributed by atoms with Crippen molar-refractivity contribution >= 4 is 22.1 Å². The summed E-state index contributed by atoms with van der Waals surface area (Å²) in [6.45, 7) is 2.13. The summed E-state index contributed by atoms with van der Waals surface area (Å²) in [4.78, 5) is 1.31. The number of ether oxygens (including phenoxy) is 1. The minimum Gasteiger partial charge on any atom is -0.497 e. The average molecular weight is 297 g/mol. The lowest BCUT2D eigenvalue weighted by molar-refractivity contribution is 0.415. The van der Waals surface area contributed by atoms with Gasteiger partial charge in [-0.05, 0) is 58.8 Å². The molecule has 21 heavy (non-hydrogen) atoms. The van der Waals surface area contributed by atoms with E-state index in [1.807, 2.05) is 6.07 Å². The highest BCUT2D eigenvalue weighted by atomic mass is 32.1. The quantitative estimate of drug-likeness (QED) is 0.771. The molecule has 0 fully saturated rings. The summed E-state index contributed by atoms with van der Waals surface area (Å²) in [6, 6.07) is 14.7. The molecule has 0 radical (unpaired) electrons. The Bertz CT molecular complexity index is 763. The van der Waals surface area contributed by atoms with Crippen LogP contribution in [0.5, 0.6) is 5.75 Å². The highest BCUT2D eigenvalue weighted by Gasteiger charge is 2.12. The number of methoxy groups -OCH3 is 1. The van der Waals surface area contributed by atoms with Gasteiger partial charge in [0.05, 0.1) is 7.11 Å². The fourth-order valence-corrected chi connectivity index (χ4v) is 3.52. The number of thiophene rings is 1. The van der Waals surface area contributed by atoms with Crippen molar-refractivity contribution in [3.63, 3.8) is 0 Å². The molecule has 1 unspecified atom stereocenters. The third-order valence-corrected chi connectivity index (χ3v) is 4.78. The van der Waals surface area contributed by atoms with E-state index >= 15 is 0 Å². The van der Waals surface area contributed by atoms with Crippen LogP contribution in [0.15, 0.2) is 47.8 Å². The normalized spacial score (nSPS) is 12.5. The zero-order valence-electron chi connectivity index (χ0n) is 12.3. The van der Waals surface area contributed by atoms with E-state index in [2.05, 4.69) is 48.7 Å². The fourth-order valence-electron chi connectivity index (χ4n) is 2.75. The van der Waals surface area contributed by atoms with E-state index in [0.717, 1.165) is 12.2 Å². The first-order valence-electron chi connectivity index (χ1n) is 7.04. The van der Waals surface area contributed by atoms with Crippen molar-refractivity contribution in [1.82, 2.24) is 0 Å². The molecule has 0 aliphatic carbocycles. The van der Waals surface area contributed by atoms with Crippen molar-refractivity contribution in [3.05, 3.63) is 63.8 Å². The SMILES string of the molecule is COc1ccc2cccc(CC(N)c3ccsc3C)c2c1. The van der Waals surface area contributed by atoms with Crippen LogP contribution >= 0.6 is 11.3 Å². The van der Waals surface area contributed by atoms with E-state index in [1.165, 1.54) is 26.8 Å². The van der Waals surface area contributed by atoms with Gasteiger partial charge in [-0.1, -0.05) is 24.3 Å². The first kappa shape index (κ1) is 14.1. The summed E-state index contributed by atoms with van der Waals surface area (Å²) >= 11 is 1.75. The van der Waals surface area contributed by atoms with Crippen molar-refractivity contribution in [2.24, 2.45) is 5.73 Å². The van der Waals surface area contributed by atoms with Gasteiger partial charge in [0, 0.05) is 10.9 Å². The Kier molecular flexibility index (Phi) is 3.95. The summed E-state index contributed by atoms with van der Waals surface area (Å²) in [5, 5.41) is 4.55. The summed E-state index contributed by atoms with van der Waals surface area (Å²) < 4.78 is 5.34. The number of nitrogens with two attached hydrogens (primary N) is 1. The Morgan fingerprint density at radius 3 is 2.76 bits per heavy atom. The largest absolute Gasteiger partial charge is 0.497 e. The highest BCUT2D eigenvalue weighted by Crippen LogP contribution is 2.29. The van der Waals surface area contributed by atoms with Crippen molar-refractivity contribution < 1.29 is 4.74 Å². The molecule has 0 bridgehead atoms. The molecule has 1 atom stereocenters. The summed E-state index contributed by atoms with van der Waals surface area (Å²) in [5.41, 5.74) is 8.93. The summed E-state index contributed by atoms with van der Waals surface area (Å²) in [7, 11) is 1.70. The maximum Gasteiger partial charge on any atom is 0.119 e. The van der Waals surface area contributed by atoms with Crippen LogP contribution < -0.4 is 10.5 Å². The molecule has 3 aromatic rings. The lowest BCUT2D eigenvalue weighted by Gasteiger charge is -2.14. The number of hydrogen-bond donors (Lipinski definition) is 1. The number of hydrogen-bond acceptors (Lipinski definition) is 3. The van der Waals surface area contributed by atoms with Gasteiger partial charge in [0.2, 0.25) is 0 Å². The Morgan fingerprint density at radius 2 is 2.05 bits per heavy atom. The predicted octanol–water partition coefficient (Wildman–Crippen LogP) is 4.46. The van der Waals surface area contributed by atoms with Crippen LogP contribution in [0.25, 0.3) is 10.8 Å². The molecule has 0 aliphatic heterocycles. The third kappa shape index (κ3) is 2.80. The van der Waals surface area contributed by atoms with E-state index in [9.17, 15) is 0 Å². The van der Waals surface area contributed by atoms with E-state index in [4.69, 9.17) is 10.5 Å². The van der Waals surface area contributed by atoms with Crippen molar-refractivity contribution in [1.29, 1.82) is 0 Å². The first-order valence-corrected chi connectivity index (χ1v) is 7.92. The second-order valence-corrected chi connectivity index (χ2v) is 6.37. The molecule has 2 aromatic carbocycles. The molecule has 108 valence electrons. The predicted molar refractivity (Wildman–Crippen MR) is 90.2 cm³/mol. The molecule has 0 aliphatic rings.